The first-order chi connectivity index (χ1) is 13.1. The molecule has 146 valence electrons. The molecule has 5 nitrogen and oxygen atoms in total. The third kappa shape index (κ3) is 2.91. The molecular formula is C21H27NO4S. The zero-order valence-electron chi connectivity index (χ0n) is 15.7. The topological polar surface area (TPSA) is 65.5 Å². The summed E-state index contributed by atoms with van der Waals surface area (Å²) in [6.07, 6.45) is 11.6. The summed E-state index contributed by atoms with van der Waals surface area (Å²) >= 11 is 1.64. The van der Waals surface area contributed by atoms with Gasteiger partial charge in [0, 0.05) is 5.38 Å². The van der Waals surface area contributed by atoms with Crippen LogP contribution in [0.3, 0.4) is 0 Å². The summed E-state index contributed by atoms with van der Waals surface area (Å²) < 4.78 is 11.7. The Labute approximate surface area is 163 Å². The van der Waals surface area contributed by atoms with Crippen molar-refractivity contribution < 1.29 is 19.1 Å². The number of nitrogens with zero attached hydrogens (tertiary/aromatic N) is 1. The van der Waals surface area contributed by atoms with Crippen LogP contribution in [0, 0.1) is 0 Å². The van der Waals surface area contributed by atoms with Gasteiger partial charge in [-0.2, -0.15) is 0 Å². The summed E-state index contributed by atoms with van der Waals surface area (Å²) in [5, 5.41) is 3.13. The van der Waals surface area contributed by atoms with Crippen molar-refractivity contribution in [3.05, 3.63) is 16.1 Å². The van der Waals surface area contributed by atoms with Crippen molar-refractivity contribution in [1.82, 2.24) is 4.98 Å². The van der Waals surface area contributed by atoms with Gasteiger partial charge in [-0.1, -0.05) is 12.8 Å². The number of carbonyl (C=O) groups excluding carboxylic acids is 2. The van der Waals surface area contributed by atoms with Crippen LogP contribution in [0.2, 0.25) is 0 Å². The minimum absolute atomic E-state index is 0.0654. The van der Waals surface area contributed by atoms with E-state index in [-0.39, 0.29) is 35.0 Å². The molecule has 2 aliphatic carbocycles. The third-order valence-corrected chi connectivity index (χ3v) is 8.22. The van der Waals surface area contributed by atoms with Crippen LogP contribution in [-0.2, 0) is 19.1 Å². The number of esters is 2. The van der Waals surface area contributed by atoms with Crippen molar-refractivity contribution in [1.29, 1.82) is 0 Å². The fraction of sp³-hybridized carbons (Fsp3) is 0.762. The lowest BCUT2D eigenvalue weighted by Gasteiger charge is -2.36. The zero-order chi connectivity index (χ0) is 18.5. The van der Waals surface area contributed by atoms with E-state index >= 15 is 0 Å². The summed E-state index contributed by atoms with van der Waals surface area (Å²) in [6, 6.07) is 0. The summed E-state index contributed by atoms with van der Waals surface area (Å²) in [4.78, 5) is 29.3. The molecule has 4 fully saturated rings. The van der Waals surface area contributed by atoms with Gasteiger partial charge in [0.15, 0.2) is 0 Å². The number of rotatable bonds is 2. The van der Waals surface area contributed by atoms with Crippen molar-refractivity contribution >= 4 is 23.3 Å². The predicted octanol–water partition coefficient (Wildman–Crippen LogP) is 4.61. The fourth-order valence-electron chi connectivity index (χ4n) is 5.89. The maximum atomic E-state index is 12.1. The molecule has 0 amide bonds. The van der Waals surface area contributed by atoms with Crippen LogP contribution >= 0.6 is 11.3 Å². The summed E-state index contributed by atoms with van der Waals surface area (Å²) in [6.45, 7) is 0. The Morgan fingerprint density at radius 1 is 0.815 bits per heavy atom. The van der Waals surface area contributed by atoms with E-state index in [4.69, 9.17) is 14.5 Å². The Bertz CT molecular complexity index is 685. The van der Waals surface area contributed by atoms with Crippen LogP contribution in [-0.4, -0.2) is 28.1 Å². The highest BCUT2D eigenvalue weighted by molar-refractivity contribution is 7.09. The maximum absolute atomic E-state index is 12.1. The molecule has 2 atom stereocenters. The Morgan fingerprint density at radius 2 is 1.33 bits per heavy atom. The number of ether oxygens (including phenoxy) is 2. The molecule has 1 aromatic heterocycles. The Kier molecular flexibility index (Phi) is 4.30. The molecule has 5 rings (SSSR count). The molecule has 2 saturated carbocycles. The third-order valence-electron chi connectivity index (χ3n) is 7.24. The highest BCUT2D eigenvalue weighted by Gasteiger charge is 2.53. The minimum Gasteiger partial charge on any atom is -0.458 e. The average molecular weight is 390 g/mol. The predicted molar refractivity (Wildman–Crippen MR) is 101 cm³/mol. The Hall–Kier alpha value is -1.43. The van der Waals surface area contributed by atoms with Crippen molar-refractivity contribution in [2.75, 3.05) is 0 Å². The van der Waals surface area contributed by atoms with Crippen LogP contribution in [0.15, 0.2) is 5.38 Å². The van der Waals surface area contributed by atoms with Crippen LogP contribution in [0.25, 0.3) is 0 Å². The van der Waals surface area contributed by atoms with Gasteiger partial charge in [0.2, 0.25) is 0 Å². The Balaban J connectivity index is 1.44. The average Bonchev–Trinajstić information content (AvgIpc) is 3.33. The quantitative estimate of drug-likeness (QED) is 0.691. The monoisotopic (exact) mass is 389 g/mol. The molecule has 3 heterocycles. The first-order valence-electron chi connectivity index (χ1n) is 10.5. The van der Waals surface area contributed by atoms with E-state index in [0.717, 1.165) is 62.1 Å². The number of hydrogen-bond donors (Lipinski definition) is 0. The highest BCUT2D eigenvalue weighted by Crippen LogP contribution is 2.52. The molecule has 0 radical (unpaired) electrons. The molecular weight excluding hydrogens is 362 g/mol. The van der Waals surface area contributed by atoms with Gasteiger partial charge in [0.05, 0.1) is 30.4 Å². The molecule has 0 bridgehead atoms. The van der Waals surface area contributed by atoms with Gasteiger partial charge in [0.1, 0.15) is 16.2 Å². The second-order valence-corrected chi connectivity index (χ2v) is 9.71. The van der Waals surface area contributed by atoms with Crippen LogP contribution < -0.4 is 0 Å². The number of thiazole rings is 1. The van der Waals surface area contributed by atoms with E-state index in [0.29, 0.717) is 12.8 Å². The number of hydrogen-bond acceptors (Lipinski definition) is 6. The fourth-order valence-corrected chi connectivity index (χ4v) is 6.97. The molecule has 27 heavy (non-hydrogen) atoms. The van der Waals surface area contributed by atoms with Crippen LogP contribution in [0.4, 0.5) is 0 Å². The molecule has 0 N–H and O–H groups in total. The summed E-state index contributed by atoms with van der Waals surface area (Å²) in [5.74, 6) is -0.0265. The van der Waals surface area contributed by atoms with Crippen molar-refractivity contribution in [2.24, 2.45) is 0 Å². The largest absolute Gasteiger partial charge is 0.458 e. The van der Waals surface area contributed by atoms with Gasteiger partial charge in [-0.25, -0.2) is 4.98 Å². The lowest BCUT2D eigenvalue weighted by atomic mass is 9.74. The summed E-state index contributed by atoms with van der Waals surface area (Å²) in [5.41, 5.74) is 0.313. The highest BCUT2D eigenvalue weighted by atomic mass is 32.1. The second-order valence-electron chi connectivity index (χ2n) is 8.82. The number of carbonyl (C=O) groups is 2. The van der Waals surface area contributed by atoms with E-state index in [9.17, 15) is 9.59 Å². The van der Waals surface area contributed by atoms with Crippen molar-refractivity contribution in [3.8, 4) is 0 Å². The van der Waals surface area contributed by atoms with E-state index in [2.05, 4.69) is 5.38 Å². The van der Waals surface area contributed by atoms with Gasteiger partial charge < -0.3 is 9.47 Å². The van der Waals surface area contributed by atoms with Crippen LogP contribution in [0.1, 0.15) is 99.6 Å². The normalized spacial score (nSPS) is 32.0. The van der Waals surface area contributed by atoms with Gasteiger partial charge >= 0.3 is 11.9 Å². The molecule has 2 saturated heterocycles. The molecule has 2 aliphatic heterocycles. The van der Waals surface area contributed by atoms with Gasteiger partial charge in [-0.15, -0.1) is 11.3 Å². The minimum atomic E-state index is -0.342. The van der Waals surface area contributed by atoms with Crippen molar-refractivity contribution in [2.45, 2.75) is 100 Å². The Morgan fingerprint density at radius 3 is 1.93 bits per heavy atom. The molecule has 0 unspecified atom stereocenters. The first-order valence-corrected chi connectivity index (χ1v) is 11.4. The first kappa shape index (κ1) is 17.7. The SMILES string of the molecule is O=C1C[C@@H](c2csc([C@@H]3CC(=O)OC34CCCCC4)n2)C2(CCCCC2)O1. The standard InChI is InChI=1S/C21H27NO4S/c23-17-11-14(20(25-17)7-3-1-4-8-20)16-13-27-19(22-16)15-12-18(24)26-21(15)9-5-2-6-10-21/h13-15H,1-12H2/t14-,15-/m0/s1. The lowest BCUT2D eigenvalue weighted by Crippen LogP contribution is -2.37. The van der Waals surface area contributed by atoms with E-state index < -0.39 is 0 Å². The van der Waals surface area contributed by atoms with E-state index in [1.807, 2.05) is 0 Å². The van der Waals surface area contributed by atoms with E-state index in [1.54, 1.807) is 11.3 Å². The molecule has 6 heteroatoms. The smallest absolute Gasteiger partial charge is 0.307 e. The number of aromatic nitrogens is 1. The second kappa shape index (κ2) is 6.57. The van der Waals surface area contributed by atoms with Crippen molar-refractivity contribution in [3.63, 3.8) is 0 Å². The summed E-state index contributed by atoms with van der Waals surface area (Å²) in [7, 11) is 0. The zero-order valence-corrected chi connectivity index (χ0v) is 16.5. The van der Waals surface area contributed by atoms with E-state index in [1.165, 1.54) is 12.8 Å². The molecule has 1 aromatic rings. The van der Waals surface area contributed by atoms with Crippen LogP contribution in [0.5, 0.6) is 0 Å². The molecule has 2 spiro atoms. The van der Waals surface area contributed by atoms with Gasteiger partial charge in [-0.3, -0.25) is 9.59 Å². The van der Waals surface area contributed by atoms with Gasteiger partial charge in [0.25, 0.3) is 0 Å². The van der Waals surface area contributed by atoms with Gasteiger partial charge in [-0.05, 0) is 51.4 Å². The lowest BCUT2D eigenvalue weighted by molar-refractivity contribution is -0.152. The molecule has 0 aromatic carbocycles. The maximum Gasteiger partial charge on any atom is 0.307 e. The molecule has 4 aliphatic rings.